The molecule has 1 saturated carbocycles. The fourth-order valence-corrected chi connectivity index (χ4v) is 5.91. The lowest BCUT2D eigenvalue weighted by Gasteiger charge is -2.38. The Morgan fingerprint density at radius 1 is 0.884 bits per heavy atom. The first-order chi connectivity index (χ1) is 19.3. The number of nitrogens with zero attached hydrogens (tertiary/aromatic N) is 1. The minimum Gasteiger partial charge on any atom is -0.458 e. The minimum atomic E-state index is -1.13. The number of amides is 5. The largest absolute Gasteiger partial charge is 0.458 e. The second-order valence-corrected chi connectivity index (χ2v) is 15.7. The average Bonchev–Trinajstić information content (AvgIpc) is 3.15. The highest BCUT2D eigenvalue weighted by Gasteiger charge is 2.70. The van der Waals surface area contributed by atoms with Crippen LogP contribution >= 0.6 is 0 Å². The number of carbonyl (C=O) groups excluding carboxylic acids is 6. The van der Waals surface area contributed by atoms with Crippen molar-refractivity contribution in [2.75, 3.05) is 6.54 Å². The molecule has 1 unspecified atom stereocenters. The molecule has 12 heteroatoms. The first-order valence-electron chi connectivity index (χ1n) is 15.1. The van der Waals surface area contributed by atoms with Gasteiger partial charge in [0.05, 0.1) is 6.04 Å². The lowest BCUT2D eigenvalue weighted by atomic mass is 9.85. The topological polar surface area (TPSA) is 177 Å². The summed E-state index contributed by atoms with van der Waals surface area (Å²) >= 11 is 0. The van der Waals surface area contributed by atoms with Crippen LogP contribution in [0.5, 0.6) is 0 Å². The van der Waals surface area contributed by atoms with Gasteiger partial charge < -0.3 is 31.3 Å². The number of nitrogens with two attached hydrogens (primary N) is 1. The number of ketones is 1. The first kappa shape index (κ1) is 36.0. The molecule has 244 valence electrons. The van der Waals surface area contributed by atoms with Crippen molar-refractivity contribution >= 4 is 35.5 Å². The average molecular weight is 608 g/mol. The van der Waals surface area contributed by atoms with Crippen LogP contribution in [-0.4, -0.2) is 76.7 Å². The van der Waals surface area contributed by atoms with Gasteiger partial charge in [-0.25, -0.2) is 9.59 Å². The summed E-state index contributed by atoms with van der Waals surface area (Å²) in [6.45, 7) is 22.2. The van der Waals surface area contributed by atoms with Gasteiger partial charge in [-0.15, -0.1) is 0 Å². The number of Topliss-reactive ketones (excluding diaryl/α,β-unsaturated/α-hetero) is 1. The number of urea groups is 1. The molecule has 12 nitrogen and oxygen atoms in total. The van der Waals surface area contributed by atoms with E-state index in [0.29, 0.717) is 13.0 Å². The molecule has 2 rings (SSSR count). The van der Waals surface area contributed by atoms with E-state index >= 15 is 0 Å². The van der Waals surface area contributed by atoms with E-state index in [1.54, 1.807) is 62.3 Å². The quantitative estimate of drug-likeness (QED) is 0.217. The Hall–Kier alpha value is -3.18. The van der Waals surface area contributed by atoms with E-state index in [1.165, 1.54) is 4.90 Å². The monoisotopic (exact) mass is 607 g/mol. The fraction of sp³-hybridized carbons (Fsp3) is 0.806. The van der Waals surface area contributed by atoms with E-state index in [4.69, 9.17) is 10.5 Å². The molecule has 5 amide bonds. The number of nitrogens with one attached hydrogen (secondary N) is 3. The number of esters is 1. The van der Waals surface area contributed by atoms with Gasteiger partial charge in [0.2, 0.25) is 17.6 Å². The lowest BCUT2D eigenvalue weighted by Crippen LogP contribution is -2.63. The standard InChI is InChI=1S/C31H53N5O7/c1-13-14-17(20(37)23(32)38)33-24(39)19-18-16(31(18,11)12)15-36(19)25(40)21(28(2,3)4)34-27(42)35-22(29(5,6)7)26(41)43-30(8,9)10/h16-19,21-22H,13-15H2,1-12H3,(H2,32,38)(H,33,39)(H2,34,35,42)/t16-,17?,18-,19-,21+,22+/m0/s1. The zero-order valence-corrected chi connectivity index (χ0v) is 28.0. The van der Waals surface area contributed by atoms with Crippen LogP contribution in [0.4, 0.5) is 4.79 Å². The smallest absolute Gasteiger partial charge is 0.329 e. The van der Waals surface area contributed by atoms with E-state index < -0.39 is 76.1 Å². The summed E-state index contributed by atoms with van der Waals surface area (Å²) in [5.41, 5.74) is 2.78. The molecule has 5 N–H and O–H groups in total. The number of likely N-dealkylation sites (tertiary alicyclic amines) is 1. The molecule has 1 heterocycles. The predicted octanol–water partition coefficient (Wildman–Crippen LogP) is 2.28. The van der Waals surface area contributed by atoms with Crippen LogP contribution in [0.2, 0.25) is 0 Å². The Balaban J connectivity index is 2.34. The van der Waals surface area contributed by atoms with Gasteiger partial charge in [-0.1, -0.05) is 68.7 Å². The van der Waals surface area contributed by atoms with E-state index in [-0.39, 0.29) is 23.7 Å². The van der Waals surface area contributed by atoms with Gasteiger partial charge >= 0.3 is 12.0 Å². The zero-order valence-electron chi connectivity index (χ0n) is 28.0. The molecule has 6 atom stereocenters. The molecule has 2 aliphatic rings. The number of fused-ring (bicyclic) bond motifs is 1. The summed E-state index contributed by atoms with van der Waals surface area (Å²) in [6.07, 6.45) is 0.753. The predicted molar refractivity (Wildman–Crippen MR) is 161 cm³/mol. The van der Waals surface area contributed by atoms with Crippen LogP contribution in [-0.2, 0) is 28.7 Å². The molecule has 1 aliphatic heterocycles. The van der Waals surface area contributed by atoms with Gasteiger partial charge in [0, 0.05) is 6.54 Å². The molecule has 0 radical (unpaired) electrons. The Morgan fingerprint density at radius 2 is 1.40 bits per heavy atom. The van der Waals surface area contributed by atoms with Gasteiger partial charge in [-0.05, 0) is 55.3 Å². The van der Waals surface area contributed by atoms with Crippen molar-refractivity contribution < 1.29 is 33.5 Å². The van der Waals surface area contributed by atoms with Crippen LogP contribution in [0.3, 0.4) is 0 Å². The molecule has 0 spiro atoms. The van der Waals surface area contributed by atoms with Crippen LogP contribution in [0.25, 0.3) is 0 Å². The Morgan fingerprint density at radius 3 is 1.84 bits per heavy atom. The maximum absolute atomic E-state index is 14.1. The van der Waals surface area contributed by atoms with Crippen molar-refractivity contribution in [3.63, 3.8) is 0 Å². The molecule has 1 aliphatic carbocycles. The van der Waals surface area contributed by atoms with Crippen LogP contribution in [0, 0.1) is 28.1 Å². The minimum absolute atomic E-state index is 0.0514. The van der Waals surface area contributed by atoms with Crippen molar-refractivity contribution in [1.82, 2.24) is 20.9 Å². The summed E-state index contributed by atoms with van der Waals surface area (Å²) < 4.78 is 5.53. The van der Waals surface area contributed by atoms with Gasteiger partial charge in [0.25, 0.3) is 5.91 Å². The van der Waals surface area contributed by atoms with Gasteiger partial charge in [0.1, 0.15) is 23.7 Å². The molecular weight excluding hydrogens is 554 g/mol. The normalized spacial score (nSPS) is 23.3. The Bertz CT molecular complexity index is 1130. The van der Waals surface area contributed by atoms with Crippen molar-refractivity contribution in [2.45, 2.75) is 126 Å². The van der Waals surface area contributed by atoms with Crippen LogP contribution in [0.15, 0.2) is 0 Å². The summed E-state index contributed by atoms with van der Waals surface area (Å²) in [6, 6.07) is -4.76. The van der Waals surface area contributed by atoms with Crippen LogP contribution < -0.4 is 21.7 Å². The zero-order chi connectivity index (χ0) is 33.5. The van der Waals surface area contributed by atoms with E-state index in [1.807, 2.05) is 20.8 Å². The molecule has 0 aromatic heterocycles. The highest BCUT2D eigenvalue weighted by atomic mass is 16.6. The first-order valence-corrected chi connectivity index (χ1v) is 15.1. The molecule has 1 saturated heterocycles. The number of ether oxygens (including phenoxy) is 1. The second kappa shape index (κ2) is 12.4. The van der Waals surface area contributed by atoms with Crippen molar-refractivity contribution in [1.29, 1.82) is 0 Å². The lowest BCUT2D eigenvalue weighted by molar-refractivity contribution is -0.160. The molecule has 2 fully saturated rings. The second-order valence-electron chi connectivity index (χ2n) is 15.7. The molecule has 0 aromatic rings. The maximum atomic E-state index is 14.1. The van der Waals surface area contributed by atoms with Crippen LogP contribution in [0.1, 0.15) is 95.9 Å². The number of hydrogen-bond acceptors (Lipinski definition) is 7. The summed E-state index contributed by atoms with van der Waals surface area (Å²) in [4.78, 5) is 79.6. The third-order valence-electron chi connectivity index (χ3n) is 8.39. The third-order valence-corrected chi connectivity index (χ3v) is 8.39. The SMILES string of the molecule is CCCC(NC(=O)[C@@H]1[C@@H]2[C@H](CN1C(=O)[C@@H](NC(=O)N[C@H](C(=O)OC(C)(C)C)C(C)(C)C)C(C)(C)C)C2(C)C)C(=O)C(N)=O. The highest BCUT2D eigenvalue weighted by molar-refractivity contribution is 6.37. The molecule has 43 heavy (non-hydrogen) atoms. The number of carbonyl (C=O) groups is 6. The highest BCUT2D eigenvalue weighted by Crippen LogP contribution is 2.65. The van der Waals surface area contributed by atoms with Gasteiger partial charge in [0.15, 0.2) is 0 Å². The summed E-state index contributed by atoms with van der Waals surface area (Å²) in [5.74, 6) is -3.71. The van der Waals surface area contributed by atoms with Gasteiger partial charge in [-0.3, -0.25) is 19.2 Å². The number of rotatable bonds is 10. The number of primary amides is 1. The van der Waals surface area contributed by atoms with Crippen molar-refractivity contribution in [2.24, 2.45) is 33.8 Å². The number of piperidine rings is 1. The molecule has 0 bridgehead atoms. The third kappa shape index (κ3) is 8.47. The molecular formula is C31H53N5O7. The summed E-state index contributed by atoms with van der Waals surface area (Å²) in [5, 5.41) is 8.14. The van der Waals surface area contributed by atoms with E-state index in [0.717, 1.165) is 0 Å². The van der Waals surface area contributed by atoms with Gasteiger partial charge in [-0.2, -0.15) is 0 Å². The Kier molecular flexibility index (Phi) is 10.4. The fourth-order valence-electron chi connectivity index (χ4n) is 5.91. The number of hydrogen-bond donors (Lipinski definition) is 4. The maximum Gasteiger partial charge on any atom is 0.329 e. The van der Waals surface area contributed by atoms with E-state index in [2.05, 4.69) is 16.0 Å². The summed E-state index contributed by atoms with van der Waals surface area (Å²) in [7, 11) is 0. The molecule has 0 aromatic carbocycles. The van der Waals surface area contributed by atoms with Crippen molar-refractivity contribution in [3.05, 3.63) is 0 Å². The van der Waals surface area contributed by atoms with Crippen molar-refractivity contribution in [3.8, 4) is 0 Å². The van der Waals surface area contributed by atoms with E-state index in [9.17, 15) is 28.8 Å². The Labute approximate surface area is 256 Å².